The summed E-state index contributed by atoms with van der Waals surface area (Å²) in [5.41, 5.74) is 4.96. The summed E-state index contributed by atoms with van der Waals surface area (Å²) in [6.07, 6.45) is 0.964. The number of aromatic nitrogens is 2. The van der Waals surface area contributed by atoms with Gasteiger partial charge in [0.15, 0.2) is 0 Å². The van der Waals surface area contributed by atoms with E-state index in [1.165, 1.54) is 0 Å². The van der Waals surface area contributed by atoms with Crippen molar-refractivity contribution in [2.24, 2.45) is 5.73 Å². The van der Waals surface area contributed by atoms with Gasteiger partial charge >= 0.3 is 0 Å². The number of sulfone groups is 1. The second-order valence-corrected chi connectivity index (χ2v) is 4.45. The third-order valence-electron chi connectivity index (χ3n) is 1.33. The number of hydrogen-bond donors (Lipinski definition) is 2. The summed E-state index contributed by atoms with van der Waals surface area (Å²) in [6, 6.07) is 1.16. The Morgan fingerprint density at radius 2 is 2.23 bits per heavy atom. The largest absolute Gasteiger partial charge is 0.325 e. The summed E-state index contributed by atoms with van der Waals surface area (Å²) in [4.78, 5) is 16.7. The van der Waals surface area contributed by atoms with Crippen molar-refractivity contribution in [2.45, 2.75) is 11.7 Å². The molecule has 1 rings (SSSR count). The molecule has 0 amide bonds. The van der Waals surface area contributed by atoms with E-state index in [-0.39, 0.29) is 17.4 Å². The fraction of sp³-hybridized carbons (Fsp3) is 0.333. The van der Waals surface area contributed by atoms with Crippen molar-refractivity contribution < 1.29 is 8.42 Å². The van der Waals surface area contributed by atoms with Crippen LogP contribution in [0.15, 0.2) is 16.0 Å². The molecule has 3 N–H and O–H groups in total. The molecule has 0 fully saturated rings. The van der Waals surface area contributed by atoms with E-state index in [9.17, 15) is 13.2 Å². The zero-order valence-electron chi connectivity index (χ0n) is 6.94. The molecule has 0 aliphatic carbocycles. The van der Waals surface area contributed by atoms with Gasteiger partial charge in [0.1, 0.15) is 0 Å². The molecule has 0 atom stereocenters. The lowest BCUT2D eigenvalue weighted by molar-refractivity contribution is 0.591. The van der Waals surface area contributed by atoms with Crippen molar-refractivity contribution >= 4 is 9.84 Å². The fourth-order valence-corrected chi connectivity index (χ4v) is 1.33. The lowest BCUT2D eigenvalue weighted by atomic mass is 10.4. The fourth-order valence-electron chi connectivity index (χ4n) is 0.764. The molecule has 0 aliphatic rings. The van der Waals surface area contributed by atoms with E-state index < -0.39 is 15.4 Å². The minimum absolute atomic E-state index is 0.0342. The molecule has 1 aromatic rings. The van der Waals surface area contributed by atoms with Crippen molar-refractivity contribution in [1.82, 2.24) is 9.97 Å². The topological polar surface area (TPSA) is 106 Å². The lowest BCUT2D eigenvalue weighted by Crippen LogP contribution is -2.17. The summed E-state index contributed by atoms with van der Waals surface area (Å²) in [7, 11) is -3.48. The van der Waals surface area contributed by atoms with Crippen LogP contribution in [0.4, 0.5) is 0 Å². The SMILES string of the molecule is CS(=O)(=O)c1nc(CN)cc(=O)[nH]1. The van der Waals surface area contributed by atoms with Crippen LogP contribution >= 0.6 is 0 Å². The molecular formula is C6H9N3O3S. The van der Waals surface area contributed by atoms with Crippen LogP contribution in [0, 0.1) is 0 Å². The highest BCUT2D eigenvalue weighted by Gasteiger charge is 2.10. The lowest BCUT2D eigenvalue weighted by Gasteiger charge is -1.98. The van der Waals surface area contributed by atoms with Gasteiger partial charge in [-0.1, -0.05) is 0 Å². The molecule has 0 saturated carbocycles. The normalized spacial score (nSPS) is 11.5. The standard InChI is InChI=1S/C6H9N3O3S/c1-13(11,12)6-8-4(3-7)2-5(10)9-6/h2H,3,7H2,1H3,(H,8,9,10). The second kappa shape index (κ2) is 3.27. The van der Waals surface area contributed by atoms with E-state index in [1.807, 2.05) is 0 Å². The maximum absolute atomic E-state index is 11.0. The van der Waals surface area contributed by atoms with Crippen molar-refractivity contribution in [3.05, 3.63) is 22.1 Å². The van der Waals surface area contributed by atoms with Gasteiger partial charge in [-0.05, 0) is 0 Å². The third-order valence-corrected chi connectivity index (χ3v) is 2.23. The van der Waals surface area contributed by atoms with Gasteiger partial charge in [-0.3, -0.25) is 9.78 Å². The Bertz CT molecular complexity index is 462. The van der Waals surface area contributed by atoms with Crippen LogP contribution < -0.4 is 11.3 Å². The van der Waals surface area contributed by atoms with E-state index in [2.05, 4.69) is 9.97 Å². The summed E-state index contributed by atoms with van der Waals surface area (Å²) < 4.78 is 22.0. The van der Waals surface area contributed by atoms with Crippen molar-refractivity contribution in [2.75, 3.05) is 6.26 Å². The van der Waals surface area contributed by atoms with E-state index in [0.29, 0.717) is 0 Å². The van der Waals surface area contributed by atoms with Crippen LogP contribution in [0.5, 0.6) is 0 Å². The first-order valence-corrected chi connectivity index (χ1v) is 5.33. The summed E-state index contributed by atoms with van der Waals surface area (Å²) in [6.45, 7) is 0.0342. The highest BCUT2D eigenvalue weighted by atomic mass is 32.2. The number of nitrogens with zero attached hydrogens (tertiary/aromatic N) is 1. The minimum atomic E-state index is -3.48. The summed E-state index contributed by atoms with van der Waals surface area (Å²) in [5.74, 6) is 0. The van der Waals surface area contributed by atoms with Gasteiger partial charge in [0.25, 0.3) is 5.56 Å². The Morgan fingerprint density at radius 1 is 1.62 bits per heavy atom. The number of rotatable bonds is 2. The zero-order chi connectivity index (χ0) is 10.1. The number of aromatic amines is 1. The van der Waals surface area contributed by atoms with Gasteiger partial charge < -0.3 is 5.73 Å². The molecule has 0 aliphatic heterocycles. The monoisotopic (exact) mass is 203 g/mol. The maximum Gasteiger partial charge on any atom is 0.251 e. The molecule has 0 saturated heterocycles. The predicted octanol–water partition coefficient (Wildman–Crippen LogP) is -1.37. The first kappa shape index (κ1) is 9.87. The molecule has 1 aromatic heterocycles. The number of H-pyrrole nitrogens is 1. The number of nitrogens with two attached hydrogens (primary N) is 1. The third kappa shape index (κ3) is 2.36. The van der Waals surface area contributed by atoms with Gasteiger partial charge in [-0.25, -0.2) is 13.4 Å². The molecular weight excluding hydrogens is 194 g/mol. The predicted molar refractivity (Wildman–Crippen MR) is 45.9 cm³/mol. The summed E-state index contributed by atoms with van der Waals surface area (Å²) >= 11 is 0. The zero-order valence-corrected chi connectivity index (χ0v) is 7.76. The van der Waals surface area contributed by atoms with Crippen LogP contribution in [0.1, 0.15) is 5.69 Å². The van der Waals surface area contributed by atoms with E-state index in [4.69, 9.17) is 5.73 Å². The first-order chi connectivity index (χ1) is 5.93. The van der Waals surface area contributed by atoms with Gasteiger partial charge in [0.2, 0.25) is 15.0 Å². The van der Waals surface area contributed by atoms with Crippen LogP contribution in [0.3, 0.4) is 0 Å². The van der Waals surface area contributed by atoms with E-state index in [0.717, 1.165) is 12.3 Å². The average molecular weight is 203 g/mol. The molecule has 0 unspecified atom stereocenters. The van der Waals surface area contributed by atoms with Crippen LogP contribution in [0.25, 0.3) is 0 Å². The van der Waals surface area contributed by atoms with Crippen LogP contribution in [-0.2, 0) is 16.4 Å². The van der Waals surface area contributed by atoms with Gasteiger partial charge in [0.05, 0.1) is 5.69 Å². The molecule has 1 heterocycles. The average Bonchev–Trinajstić information content (AvgIpc) is 2.01. The van der Waals surface area contributed by atoms with Crippen molar-refractivity contribution in [1.29, 1.82) is 0 Å². The quantitative estimate of drug-likeness (QED) is 0.577. The van der Waals surface area contributed by atoms with Gasteiger partial charge in [-0.15, -0.1) is 0 Å². The number of nitrogens with one attached hydrogen (secondary N) is 1. The smallest absolute Gasteiger partial charge is 0.251 e. The van der Waals surface area contributed by atoms with Gasteiger partial charge in [0, 0.05) is 18.9 Å². The maximum atomic E-state index is 11.0. The highest BCUT2D eigenvalue weighted by Crippen LogP contribution is 1.98. The molecule has 0 bridgehead atoms. The Morgan fingerprint density at radius 3 is 2.69 bits per heavy atom. The van der Waals surface area contributed by atoms with Crippen molar-refractivity contribution in [3.63, 3.8) is 0 Å². The first-order valence-electron chi connectivity index (χ1n) is 3.44. The Balaban J connectivity index is 3.42. The molecule has 6 nitrogen and oxygen atoms in total. The van der Waals surface area contributed by atoms with Crippen LogP contribution in [0.2, 0.25) is 0 Å². The highest BCUT2D eigenvalue weighted by molar-refractivity contribution is 7.90. The van der Waals surface area contributed by atoms with E-state index >= 15 is 0 Å². The van der Waals surface area contributed by atoms with Crippen molar-refractivity contribution in [3.8, 4) is 0 Å². The Kier molecular flexibility index (Phi) is 2.48. The molecule has 0 spiro atoms. The Hall–Kier alpha value is -1.21. The van der Waals surface area contributed by atoms with E-state index in [1.54, 1.807) is 0 Å². The minimum Gasteiger partial charge on any atom is -0.325 e. The molecule has 13 heavy (non-hydrogen) atoms. The number of hydrogen-bond acceptors (Lipinski definition) is 5. The molecule has 0 aromatic carbocycles. The molecule has 0 radical (unpaired) electrons. The second-order valence-electron chi connectivity index (χ2n) is 2.52. The molecule has 7 heteroatoms. The van der Waals surface area contributed by atoms with Gasteiger partial charge in [-0.2, -0.15) is 0 Å². The Labute approximate surface area is 74.7 Å². The molecule has 72 valence electrons. The summed E-state index contributed by atoms with van der Waals surface area (Å²) in [5, 5.41) is -0.347. The van der Waals surface area contributed by atoms with Crippen LogP contribution in [-0.4, -0.2) is 24.6 Å².